The summed E-state index contributed by atoms with van der Waals surface area (Å²) < 4.78 is 11.3. The highest BCUT2D eigenvalue weighted by Crippen LogP contribution is 2.47. The molecular weight excluding hydrogens is 442 g/mol. The summed E-state index contributed by atoms with van der Waals surface area (Å²) >= 11 is 3.34. The monoisotopic (exact) mass is 469 g/mol. The van der Waals surface area contributed by atoms with Gasteiger partial charge in [0.05, 0.1) is 17.6 Å². The maximum atomic E-state index is 13.5. The molecule has 3 atom stereocenters. The minimum Gasteiger partial charge on any atom is -0.459 e. The van der Waals surface area contributed by atoms with E-state index in [2.05, 4.69) is 22.8 Å². The van der Waals surface area contributed by atoms with Gasteiger partial charge in [0.25, 0.3) is 0 Å². The van der Waals surface area contributed by atoms with Crippen LogP contribution in [0, 0.1) is 6.92 Å². The summed E-state index contributed by atoms with van der Waals surface area (Å²) in [5, 5.41) is 5.48. The van der Waals surface area contributed by atoms with E-state index in [4.69, 9.17) is 9.47 Å². The molecule has 7 heteroatoms. The van der Waals surface area contributed by atoms with E-state index in [-0.39, 0.29) is 36.3 Å². The number of Topliss-reactive ketones (excluding diaryl/α,β-unsaturated/α-hetero) is 1. The van der Waals surface area contributed by atoms with Gasteiger partial charge in [0, 0.05) is 50.5 Å². The number of rotatable bonds is 5. The summed E-state index contributed by atoms with van der Waals surface area (Å²) in [6.07, 6.45) is 3.13. The van der Waals surface area contributed by atoms with Crippen LogP contribution in [-0.2, 0) is 19.1 Å². The van der Waals surface area contributed by atoms with Crippen molar-refractivity contribution in [2.24, 2.45) is 0 Å². The van der Waals surface area contributed by atoms with Crippen LogP contribution < -0.4 is 5.32 Å². The van der Waals surface area contributed by atoms with Gasteiger partial charge in [-0.25, -0.2) is 4.79 Å². The third kappa shape index (κ3) is 4.09. The van der Waals surface area contributed by atoms with E-state index in [1.807, 2.05) is 26.0 Å². The Hall–Kier alpha value is -2.22. The van der Waals surface area contributed by atoms with Gasteiger partial charge < -0.3 is 14.8 Å². The zero-order chi connectivity index (χ0) is 22.2. The number of hydrogen-bond acceptors (Lipinski definition) is 7. The van der Waals surface area contributed by atoms with E-state index in [0.717, 1.165) is 52.6 Å². The second-order valence-electron chi connectivity index (χ2n) is 8.71. The zero-order valence-electron chi connectivity index (χ0n) is 18.3. The van der Waals surface area contributed by atoms with E-state index in [1.165, 1.54) is 4.88 Å². The first-order valence-electron chi connectivity index (χ1n) is 11.1. The molecule has 0 radical (unpaired) electrons. The van der Waals surface area contributed by atoms with E-state index in [9.17, 15) is 9.59 Å². The Labute approximate surface area is 196 Å². The van der Waals surface area contributed by atoms with Crippen molar-refractivity contribution in [1.82, 2.24) is 5.32 Å². The minimum absolute atomic E-state index is 0.0310. The molecule has 1 saturated heterocycles. The second-order valence-corrected chi connectivity index (χ2v) is 11.0. The van der Waals surface area contributed by atoms with Crippen molar-refractivity contribution in [3.05, 3.63) is 66.8 Å². The third-order valence-electron chi connectivity index (χ3n) is 6.46. The van der Waals surface area contributed by atoms with Gasteiger partial charge in [0.1, 0.15) is 6.61 Å². The summed E-state index contributed by atoms with van der Waals surface area (Å²) in [6, 6.07) is 8.23. The number of ketones is 1. The summed E-state index contributed by atoms with van der Waals surface area (Å²) in [5.41, 5.74) is 3.00. The van der Waals surface area contributed by atoms with E-state index in [1.54, 1.807) is 22.7 Å². The van der Waals surface area contributed by atoms with Gasteiger partial charge in [-0.15, -0.1) is 22.7 Å². The number of dihydropyridines is 1. The molecule has 3 aliphatic rings. The largest absolute Gasteiger partial charge is 0.459 e. The molecule has 0 amide bonds. The van der Waals surface area contributed by atoms with Gasteiger partial charge in [-0.1, -0.05) is 6.07 Å². The van der Waals surface area contributed by atoms with E-state index < -0.39 is 0 Å². The Balaban J connectivity index is 1.48. The number of aryl methyl sites for hydroxylation is 1. The van der Waals surface area contributed by atoms with Crippen LogP contribution >= 0.6 is 22.7 Å². The predicted octanol–water partition coefficient (Wildman–Crippen LogP) is 5.20. The van der Waals surface area contributed by atoms with E-state index >= 15 is 0 Å². The molecule has 2 aromatic rings. The van der Waals surface area contributed by atoms with Crippen molar-refractivity contribution in [1.29, 1.82) is 0 Å². The Morgan fingerprint density at radius 2 is 2.09 bits per heavy atom. The fourth-order valence-electron chi connectivity index (χ4n) is 4.95. The van der Waals surface area contributed by atoms with Gasteiger partial charge in [-0.05, 0) is 56.7 Å². The number of ether oxygens (including phenoxy) is 2. The molecule has 1 aliphatic carbocycles. The third-order valence-corrected chi connectivity index (χ3v) is 8.56. The fraction of sp³-hybridized carbons (Fsp3) is 0.440. The van der Waals surface area contributed by atoms with Gasteiger partial charge in [0.2, 0.25) is 0 Å². The van der Waals surface area contributed by atoms with Crippen LogP contribution in [0.4, 0.5) is 0 Å². The second kappa shape index (κ2) is 8.96. The Bertz CT molecular complexity index is 1090. The number of allylic oxidation sites excluding steroid dienone is 3. The average molecular weight is 470 g/mol. The minimum atomic E-state index is -0.376. The van der Waals surface area contributed by atoms with Crippen LogP contribution in [0.5, 0.6) is 0 Å². The standard InChI is InChI=1S/C25H27NO4S2/c1-14-7-8-21(32-14)24-22(25(28)30-13-17-5-3-9-29-17)15(2)26-18-11-16(12-19(27)23(18)24)20-6-4-10-31-20/h4,6-8,10,16-17,24,26H,3,5,9,11-13H2,1-2H3/t16-,17+,24-/m1/s1. The van der Waals surface area contributed by atoms with Crippen LogP contribution in [0.3, 0.4) is 0 Å². The van der Waals surface area contributed by atoms with Gasteiger partial charge >= 0.3 is 5.97 Å². The van der Waals surface area contributed by atoms with Crippen LogP contribution in [-0.4, -0.2) is 31.1 Å². The van der Waals surface area contributed by atoms with Crippen molar-refractivity contribution in [3.8, 4) is 0 Å². The van der Waals surface area contributed by atoms with Crippen LogP contribution in [0.25, 0.3) is 0 Å². The molecule has 0 spiro atoms. The molecule has 5 nitrogen and oxygen atoms in total. The van der Waals surface area contributed by atoms with Crippen molar-refractivity contribution in [2.75, 3.05) is 13.2 Å². The van der Waals surface area contributed by atoms with Gasteiger partial charge in [-0.3, -0.25) is 4.79 Å². The lowest BCUT2D eigenvalue weighted by Gasteiger charge is -2.36. The number of carbonyl (C=O) groups is 2. The first-order valence-corrected chi connectivity index (χ1v) is 12.8. The normalized spacial score (nSPS) is 25.7. The maximum Gasteiger partial charge on any atom is 0.336 e. The van der Waals surface area contributed by atoms with Crippen LogP contribution in [0.1, 0.15) is 59.1 Å². The number of thiophene rings is 2. The highest BCUT2D eigenvalue weighted by atomic mass is 32.1. The zero-order valence-corrected chi connectivity index (χ0v) is 19.9. The SMILES string of the molecule is CC1=C(C(=O)OC[C@@H]2CCCO2)[C@@H](c2ccc(C)s2)C2=C(C[C@@H](c3cccs3)CC2=O)N1. The van der Waals surface area contributed by atoms with Gasteiger partial charge in [-0.2, -0.15) is 0 Å². The predicted molar refractivity (Wildman–Crippen MR) is 126 cm³/mol. The molecule has 0 aromatic carbocycles. The molecule has 0 bridgehead atoms. The number of nitrogens with one attached hydrogen (secondary N) is 1. The first-order chi connectivity index (χ1) is 15.5. The summed E-state index contributed by atoms with van der Waals surface area (Å²) in [4.78, 5) is 30.2. The van der Waals surface area contributed by atoms with Crippen LogP contribution in [0.15, 0.2) is 52.2 Å². The molecule has 0 unspecified atom stereocenters. The Morgan fingerprint density at radius 1 is 1.22 bits per heavy atom. The molecule has 4 heterocycles. The van der Waals surface area contributed by atoms with Gasteiger partial charge in [0.15, 0.2) is 5.78 Å². The molecule has 1 N–H and O–H groups in total. The molecule has 1 fully saturated rings. The number of esters is 1. The lowest BCUT2D eigenvalue weighted by Crippen LogP contribution is -2.36. The summed E-state index contributed by atoms with van der Waals surface area (Å²) in [7, 11) is 0. The highest BCUT2D eigenvalue weighted by molar-refractivity contribution is 7.12. The molecule has 2 aromatic heterocycles. The lowest BCUT2D eigenvalue weighted by atomic mass is 9.74. The Morgan fingerprint density at radius 3 is 2.78 bits per heavy atom. The number of hydrogen-bond donors (Lipinski definition) is 1. The molecular formula is C25H27NO4S2. The Kier molecular flexibility index (Phi) is 6.05. The number of carbonyl (C=O) groups excluding carboxylic acids is 2. The van der Waals surface area contributed by atoms with Crippen LogP contribution in [0.2, 0.25) is 0 Å². The van der Waals surface area contributed by atoms with Crippen molar-refractivity contribution in [2.45, 2.75) is 57.5 Å². The van der Waals surface area contributed by atoms with Crippen molar-refractivity contribution >= 4 is 34.4 Å². The smallest absolute Gasteiger partial charge is 0.336 e. The molecule has 0 saturated carbocycles. The summed E-state index contributed by atoms with van der Waals surface area (Å²) in [5.74, 6) is -0.439. The molecule has 5 rings (SSSR count). The van der Waals surface area contributed by atoms with E-state index in [0.29, 0.717) is 12.0 Å². The van der Waals surface area contributed by atoms with Crippen molar-refractivity contribution < 1.29 is 19.1 Å². The highest BCUT2D eigenvalue weighted by Gasteiger charge is 2.42. The fourth-order valence-corrected chi connectivity index (χ4v) is 6.78. The molecule has 2 aliphatic heterocycles. The average Bonchev–Trinajstić information content (AvgIpc) is 3.53. The molecule has 168 valence electrons. The first kappa shape index (κ1) is 21.6. The summed E-state index contributed by atoms with van der Waals surface area (Å²) in [6.45, 7) is 4.94. The van der Waals surface area contributed by atoms with Crippen molar-refractivity contribution in [3.63, 3.8) is 0 Å². The maximum absolute atomic E-state index is 13.5. The quantitative estimate of drug-likeness (QED) is 0.610. The lowest BCUT2D eigenvalue weighted by molar-refractivity contribution is -0.142. The molecule has 32 heavy (non-hydrogen) atoms. The topological polar surface area (TPSA) is 64.6 Å².